The smallest absolute Gasteiger partial charge is 0.235 e. The summed E-state index contributed by atoms with van der Waals surface area (Å²) >= 11 is 1.51. The normalized spacial score (nSPS) is 19.0. The minimum atomic E-state index is -0.306. The second-order valence-corrected chi connectivity index (χ2v) is 8.16. The Labute approximate surface area is 154 Å². The molecule has 0 spiro atoms. The number of likely N-dealkylation sites (tertiary alicyclic amines) is 1. The average molecular weight is 367 g/mol. The number of carbonyl (C=O) groups is 2. The molecule has 1 aliphatic rings. The van der Waals surface area contributed by atoms with Crippen LogP contribution < -0.4 is 5.73 Å². The molecule has 1 saturated heterocycles. The van der Waals surface area contributed by atoms with Crippen molar-refractivity contribution < 1.29 is 9.59 Å². The fourth-order valence-corrected chi connectivity index (χ4v) is 4.28. The van der Waals surface area contributed by atoms with Gasteiger partial charge < -0.3 is 15.2 Å². The fraction of sp³-hybridized carbons (Fsp3) is 0.722. The highest BCUT2D eigenvalue weighted by atomic mass is 32.2. The Balaban J connectivity index is 2.06. The number of carbonyl (C=O) groups excluding carboxylic acids is 2. The number of thioether (sulfide) groups is 1. The number of piperidine rings is 1. The van der Waals surface area contributed by atoms with Gasteiger partial charge in [0.25, 0.3) is 0 Å². The van der Waals surface area contributed by atoms with Crippen LogP contribution in [-0.4, -0.2) is 44.6 Å². The van der Waals surface area contributed by atoms with Crippen molar-refractivity contribution in [1.82, 2.24) is 14.5 Å². The summed E-state index contributed by atoms with van der Waals surface area (Å²) in [6.07, 6.45) is 3.83. The van der Waals surface area contributed by atoms with E-state index in [0.717, 1.165) is 43.1 Å². The quantitative estimate of drug-likeness (QED) is 0.752. The molecule has 6 nitrogen and oxygen atoms in total. The molecule has 1 aliphatic heterocycles. The molecule has 2 atom stereocenters. The van der Waals surface area contributed by atoms with Crippen molar-refractivity contribution in [3.8, 4) is 0 Å². The molecule has 140 valence electrons. The number of unbranched alkanes of at least 4 members (excludes halogenated alkanes) is 1. The Bertz CT molecular complexity index is 629. The maximum atomic E-state index is 12.8. The number of aryl methyl sites for hydroxylation is 1. The van der Waals surface area contributed by atoms with Gasteiger partial charge in [0.1, 0.15) is 0 Å². The molecule has 1 fully saturated rings. The van der Waals surface area contributed by atoms with Crippen molar-refractivity contribution >= 4 is 23.6 Å². The Morgan fingerprint density at radius 3 is 2.76 bits per heavy atom. The summed E-state index contributed by atoms with van der Waals surface area (Å²) in [6.45, 7) is 10.3. The summed E-state index contributed by atoms with van der Waals surface area (Å²) < 4.78 is 2.22. The van der Waals surface area contributed by atoms with Crippen molar-refractivity contribution in [2.45, 2.75) is 70.3 Å². The topological polar surface area (TPSA) is 81.2 Å². The number of imidazole rings is 1. The molecule has 0 aliphatic carbocycles. The van der Waals surface area contributed by atoms with Gasteiger partial charge in [0.2, 0.25) is 11.8 Å². The van der Waals surface area contributed by atoms with Crippen LogP contribution in [0.1, 0.15) is 50.9 Å². The van der Waals surface area contributed by atoms with Crippen LogP contribution in [0.5, 0.6) is 0 Å². The molecule has 2 amide bonds. The first kappa shape index (κ1) is 19.8. The van der Waals surface area contributed by atoms with Gasteiger partial charge in [-0.05, 0) is 40.0 Å². The van der Waals surface area contributed by atoms with E-state index in [9.17, 15) is 9.59 Å². The average Bonchev–Trinajstić information content (AvgIpc) is 2.86. The predicted molar refractivity (Wildman–Crippen MR) is 100 cm³/mol. The summed E-state index contributed by atoms with van der Waals surface area (Å²) in [6, 6.07) is 0. The number of primary amides is 1. The number of hydrogen-bond donors (Lipinski definition) is 1. The number of rotatable bonds is 7. The molecule has 1 aromatic rings. The van der Waals surface area contributed by atoms with E-state index in [-0.39, 0.29) is 23.0 Å². The molecule has 1 aromatic heterocycles. The Hall–Kier alpha value is -1.50. The molecule has 0 saturated carbocycles. The first-order valence-electron chi connectivity index (χ1n) is 9.13. The van der Waals surface area contributed by atoms with E-state index in [1.807, 2.05) is 13.8 Å². The standard InChI is InChI=1S/C18H30N4O2S/c1-5-6-10-22-13(3)12(2)20-18(22)25-14(4)17(24)21-9-7-8-15(11-21)16(19)23/h14-15H,5-11H2,1-4H3,(H2,19,23). The van der Waals surface area contributed by atoms with Gasteiger partial charge in [0, 0.05) is 25.3 Å². The maximum absolute atomic E-state index is 12.8. The van der Waals surface area contributed by atoms with E-state index >= 15 is 0 Å². The lowest BCUT2D eigenvalue weighted by molar-refractivity contribution is -0.134. The van der Waals surface area contributed by atoms with Gasteiger partial charge in [-0.15, -0.1) is 0 Å². The van der Waals surface area contributed by atoms with E-state index in [4.69, 9.17) is 5.73 Å². The van der Waals surface area contributed by atoms with Gasteiger partial charge in [-0.1, -0.05) is 25.1 Å². The van der Waals surface area contributed by atoms with Crippen LogP contribution >= 0.6 is 11.8 Å². The summed E-state index contributed by atoms with van der Waals surface area (Å²) in [5, 5.41) is 0.681. The third-order valence-electron chi connectivity index (χ3n) is 4.92. The van der Waals surface area contributed by atoms with Gasteiger partial charge in [-0.2, -0.15) is 0 Å². The number of hydrogen-bond acceptors (Lipinski definition) is 4. The molecule has 0 bridgehead atoms. The zero-order valence-electron chi connectivity index (χ0n) is 15.7. The van der Waals surface area contributed by atoms with Crippen LogP contribution in [-0.2, 0) is 16.1 Å². The van der Waals surface area contributed by atoms with E-state index in [2.05, 4.69) is 23.4 Å². The number of aromatic nitrogens is 2. The highest BCUT2D eigenvalue weighted by molar-refractivity contribution is 8.00. The Kier molecular flexibility index (Phi) is 6.93. The first-order valence-corrected chi connectivity index (χ1v) is 10.0. The molecule has 0 radical (unpaired) electrons. The molecule has 2 N–H and O–H groups in total. The fourth-order valence-electron chi connectivity index (χ4n) is 3.17. The Morgan fingerprint density at radius 2 is 2.12 bits per heavy atom. The van der Waals surface area contributed by atoms with Crippen molar-refractivity contribution in [3.63, 3.8) is 0 Å². The second-order valence-electron chi connectivity index (χ2n) is 6.86. The molecule has 0 aromatic carbocycles. The summed E-state index contributed by atoms with van der Waals surface area (Å²) in [7, 11) is 0. The molecule has 25 heavy (non-hydrogen) atoms. The van der Waals surface area contributed by atoms with Crippen molar-refractivity contribution in [2.75, 3.05) is 13.1 Å². The van der Waals surface area contributed by atoms with Crippen LogP contribution in [0.3, 0.4) is 0 Å². The lowest BCUT2D eigenvalue weighted by Crippen LogP contribution is -2.46. The molecule has 2 unspecified atom stereocenters. The van der Waals surface area contributed by atoms with Crippen LogP contribution in [0, 0.1) is 19.8 Å². The lowest BCUT2D eigenvalue weighted by atomic mass is 9.97. The third-order valence-corrected chi connectivity index (χ3v) is 6.00. The number of amides is 2. The summed E-state index contributed by atoms with van der Waals surface area (Å²) in [5.41, 5.74) is 7.61. The molecular weight excluding hydrogens is 336 g/mol. The maximum Gasteiger partial charge on any atom is 0.235 e. The monoisotopic (exact) mass is 366 g/mol. The highest BCUT2D eigenvalue weighted by Gasteiger charge is 2.30. The summed E-state index contributed by atoms with van der Waals surface area (Å²) in [5.74, 6) is -0.457. The van der Waals surface area contributed by atoms with Crippen molar-refractivity contribution in [3.05, 3.63) is 11.4 Å². The largest absolute Gasteiger partial charge is 0.369 e. The van der Waals surface area contributed by atoms with Crippen molar-refractivity contribution in [2.24, 2.45) is 11.7 Å². The Morgan fingerprint density at radius 1 is 1.40 bits per heavy atom. The molecular formula is C18H30N4O2S. The minimum Gasteiger partial charge on any atom is -0.369 e. The van der Waals surface area contributed by atoms with Crippen LogP contribution in [0.2, 0.25) is 0 Å². The number of nitrogens with two attached hydrogens (primary N) is 1. The van der Waals surface area contributed by atoms with Crippen LogP contribution in [0.25, 0.3) is 0 Å². The van der Waals surface area contributed by atoms with Gasteiger partial charge in [0.05, 0.1) is 16.9 Å². The lowest BCUT2D eigenvalue weighted by Gasteiger charge is -2.32. The minimum absolute atomic E-state index is 0.0660. The third kappa shape index (κ3) is 4.77. The summed E-state index contributed by atoms with van der Waals surface area (Å²) in [4.78, 5) is 30.7. The SMILES string of the molecule is CCCCn1c(SC(C)C(=O)N2CCCC(C(N)=O)C2)nc(C)c1C. The van der Waals surface area contributed by atoms with E-state index in [1.165, 1.54) is 17.5 Å². The first-order chi connectivity index (χ1) is 11.8. The van der Waals surface area contributed by atoms with Crippen molar-refractivity contribution in [1.29, 1.82) is 0 Å². The second kappa shape index (κ2) is 8.74. The highest BCUT2D eigenvalue weighted by Crippen LogP contribution is 2.28. The zero-order chi connectivity index (χ0) is 18.6. The zero-order valence-corrected chi connectivity index (χ0v) is 16.6. The van der Waals surface area contributed by atoms with Crippen LogP contribution in [0.15, 0.2) is 5.16 Å². The van der Waals surface area contributed by atoms with E-state index in [0.29, 0.717) is 13.1 Å². The molecule has 7 heteroatoms. The van der Waals surface area contributed by atoms with Gasteiger partial charge in [0.15, 0.2) is 5.16 Å². The van der Waals surface area contributed by atoms with Gasteiger partial charge in [-0.3, -0.25) is 9.59 Å². The van der Waals surface area contributed by atoms with Crippen LogP contribution in [0.4, 0.5) is 0 Å². The predicted octanol–water partition coefficient (Wildman–Crippen LogP) is 2.50. The molecule has 2 rings (SSSR count). The molecule has 2 heterocycles. The number of nitrogens with zero attached hydrogens (tertiary/aromatic N) is 3. The van der Waals surface area contributed by atoms with E-state index < -0.39 is 0 Å². The van der Waals surface area contributed by atoms with Gasteiger partial charge in [-0.25, -0.2) is 4.98 Å². The van der Waals surface area contributed by atoms with E-state index in [1.54, 1.807) is 4.90 Å². The van der Waals surface area contributed by atoms with Gasteiger partial charge >= 0.3 is 0 Å².